The van der Waals surface area contributed by atoms with Crippen LogP contribution in [0.4, 0.5) is 0 Å². The van der Waals surface area contributed by atoms with Gasteiger partial charge in [-0.15, -0.1) is 0 Å². The second-order valence-electron chi connectivity index (χ2n) is 4.64. The number of phenols is 1. The summed E-state index contributed by atoms with van der Waals surface area (Å²) in [6.07, 6.45) is 3.84. The topological polar surface area (TPSA) is 73.3 Å². The minimum Gasteiger partial charge on any atom is -0.507 e. The van der Waals surface area contributed by atoms with E-state index in [-0.39, 0.29) is 5.75 Å². The van der Waals surface area contributed by atoms with E-state index in [9.17, 15) is 15.0 Å². The van der Waals surface area contributed by atoms with Gasteiger partial charge in [0.25, 0.3) is 0 Å². The van der Waals surface area contributed by atoms with Gasteiger partial charge >= 0.3 is 5.97 Å². The van der Waals surface area contributed by atoms with Gasteiger partial charge in [0.15, 0.2) is 0 Å². The molecule has 0 atom stereocenters. The van der Waals surface area contributed by atoms with E-state index in [1.54, 1.807) is 18.3 Å². The molecule has 4 heteroatoms. The second kappa shape index (κ2) is 3.26. The van der Waals surface area contributed by atoms with E-state index in [0.717, 1.165) is 11.9 Å². The number of hydrogen-bond donors (Lipinski definition) is 3. The number of carboxylic acids is 1. The Bertz CT molecular complexity index is 596. The molecule has 1 aliphatic rings. The number of fused-ring (bicyclic) bond motifs is 1. The van der Waals surface area contributed by atoms with Gasteiger partial charge < -0.3 is 15.2 Å². The van der Waals surface area contributed by atoms with Gasteiger partial charge in [-0.2, -0.15) is 0 Å². The largest absolute Gasteiger partial charge is 0.507 e. The van der Waals surface area contributed by atoms with Crippen LogP contribution in [0, 0.1) is 0 Å². The molecule has 17 heavy (non-hydrogen) atoms. The minimum atomic E-state index is -0.879. The van der Waals surface area contributed by atoms with Gasteiger partial charge in [-0.05, 0) is 25.0 Å². The SMILES string of the molecule is O=C(O)C1(c2ccc3[nH]ccc3c2O)CCC1. The highest BCUT2D eigenvalue weighted by Crippen LogP contribution is 2.48. The number of benzene rings is 1. The Morgan fingerprint density at radius 1 is 1.29 bits per heavy atom. The smallest absolute Gasteiger partial charge is 0.314 e. The predicted octanol–water partition coefficient (Wildman–Crippen LogP) is 2.38. The molecule has 0 spiro atoms. The summed E-state index contributed by atoms with van der Waals surface area (Å²) >= 11 is 0. The summed E-state index contributed by atoms with van der Waals surface area (Å²) in [5, 5.41) is 20.3. The van der Waals surface area contributed by atoms with Gasteiger partial charge in [-0.3, -0.25) is 4.79 Å². The molecule has 1 aromatic heterocycles. The maximum Gasteiger partial charge on any atom is 0.314 e. The van der Waals surface area contributed by atoms with E-state index in [0.29, 0.717) is 23.8 Å². The first-order valence-corrected chi connectivity index (χ1v) is 5.68. The van der Waals surface area contributed by atoms with Crippen molar-refractivity contribution in [3.05, 3.63) is 30.0 Å². The number of aromatic nitrogens is 1. The van der Waals surface area contributed by atoms with Crippen molar-refractivity contribution in [1.82, 2.24) is 4.98 Å². The molecule has 0 radical (unpaired) electrons. The van der Waals surface area contributed by atoms with Crippen molar-refractivity contribution in [1.29, 1.82) is 0 Å². The molecule has 2 aromatic rings. The third-order valence-corrected chi connectivity index (χ3v) is 3.84. The normalized spacial score (nSPS) is 17.9. The molecule has 0 bridgehead atoms. The zero-order valence-electron chi connectivity index (χ0n) is 9.23. The van der Waals surface area contributed by atoms with Crippen molar-refractivity contribution >= 4 is 16.9 Å². The Morgan fingerprint density at radius 2 is 2.06 bits per heavy atom. The molecule has 1 heterocycles. The fourth-order valence-corrected chi connectivity index (χ4v) is 2.63. The summed E-state index contributed by atoms with van der Waals surface area (Å²) in [5.41, 5.74) is 0.490. The van der Waals surface area contributed by atoms with Crippen LogP contribution in [0.15, 0.2) is 24.4 Å². The molecule has 1 aromatic carbocycles. The maximum absolute atomic E-state index is 11.4. The number of hydrogen-bond acceptors (Lipinski definition) is 2. The van der Waals surface area contributed by atoms with E-state index in [2.05, 4.69) is 4.98 Å². The number of H-pyrrole nitrogens is 1. The van der Waals surface area contributed by atoms with Gasteiger partial charge in [-0.25, -0.2) is 0 Å². The Morgan fingerprint density at radius 3 is 2.65 bits per heavy atom. The minimum absolute atomic E-state index is 0.103. The average molecular weight is 231 g/mol. The molecule has 1 fully saturated rings. The van der Waals surface area contributed by atoms with E-state index >= 15 is 0 Å². The van der Waals surface area contributed by atoms with Crippen LogP contribution in [0.5, 0.6) is 5.75 Å². The van der Waals surface area contributed by atoms with Gasteiger partial charge in [-0.1, -0.05) is 12.5 Å². The molecule has 0 amide bonds. The molecular formula is C13H13NO3. The standard InChI is InChI=1S/C13H13NO3/c15-11-8-4-7-14-10(8)3-2-9(11)13(12(16)17)5-1-6-13/h2-4,7,14-15H,1,5-6H2,(H,16,17). The van der Waals surface area contributed by atoms with Crippen LogP contribution >= 0.6 is 0 Å². The van der Waals surface area contributed by atoms with Gasteiger partial charge in [0.05, 0.1) is 5.41 Å². The quantitative estimate of drug-likeness (QED) is 0.742. The number of aliphatic carboxylic acids is 1. The summed E-state index contributed by atoms with van der Waals surface area (Å²) < 4.78 is 0. The van der Waals surface area contributed by atoms with Gasteiger partial charge in [0.2, 0.25) is 0 Å². The van der Waals surface area contributed by atoms with Crippen molar-refractivity contribution in [2.45, 2.75) is 24.7 Å². The lowest BCUT2D eigenvalue weighted by Crippen LogP contribution is -2.42. The summed E-state index contributed by atoms with van der Waals surface area (Å²) in [5.74, 6) is -0.736. The first kappa shape index (κ1) is 10.2. The Balaban J connectivity index is 2.23. The first-order chi connectivity index (χ1) is 8.15. The highest BCUT2D eigenvalue weighted by atomic mass is 16.4. The molecule has 0 unspecified atom stereocenters. The molecule has 88 valence electrons. The maximum atomic E-state index is 11.4. The lowest BCUT2D eigenvalue weighted by atomic mass is 9.64. The molecule has 0 saturated heterocycles. The van der Waals surface area contributed by atoms with Gasteiger partial charge in [0, 0.05) is 22.7 Å². The number of rotatable bonds is 2. The number of nitrogens with one attached hydrogen (secondary N) is 1. The van der Waals surface area contributed by atoms with Gasteiger partial charge in [0.1, 0.15) is 5.75 Å². The van der Waals surface area contributed by atoms with E-state index in [1.807, 2.05) is 6.07 Å². The van der Waals surface area contributed by atoms with Crippen molar-refractivity contribution < 1.29 is 15.0 Å². The Labute approximate surface area is 97.9 Å². The molecule has 1 aliphatic carbocycles. The van der Waals surface area contributed by atoms with Crippen molar-refractivity contribution in [3.63, 3.8) is 0 Å². The third kappa shape index (κ3) is 1.21. The van der Waals surface area contributed by atoms with Crippen LogP contribution in [0.3, 0.4) is 0 Å². The molecule has 3 rings (SSSR count). The molecular weight excluding hydrogens is 218 g/mol. The average Bonchev–Trinajstić information content (AvgIpc) is 2.67. The molecule has 3 N–H and O–H groups in total. The molecule has 1 saturated carbocycles. The Kier molecular flexibility index (Phi) is 1.96. The fourth-order valence-electron chi connectivity index (χ4n) is 2.63. The lowest BCUT2D eigenvalue weighted by molar-refractivity contribution is -0.147. The van der Waals surface area contributed by atoms with E-state index < -0.39 is 11.4 Å². The summed E-state index contributed by atoms with van der Waals surface area (Å²) in [6.45, 7) is 0. The monoisotopic (exact) mass is 231 g/mol. The number of aromatic amines is 1. The van der Waals surface area contributed by atoms with Crippen LogP contribution in [0.1, 0.15) is 24.8 Å². The number of carbonyl (C=O) groups is 1. The van der Waals surface area contributed by atoms with E-state index in [4.69, 9.17) is 0 Å². The van der Waals surface area contributed by atoms with Crippen LogP contribution < -0.4 is 0 Å². The first-order valence-electron chi connectivity index (χ1n) is 5.68. The van der Waals surface area contributed by atoms with Crippen molar-refractivity contribution in [2.75, 3.05) is 0 Å². The van der Waals surface area contributed by atoms with Crippen LogP contribution in [0.2, 0.25) is 0 Å². The van der Waals surface area contributed by atoms with Crippen LogP contribution in [-0.2, 0) is 10.2 Å². The lowest BCUT2D eigenvalue weighted by Gasteiger charge is -2.38. The number of carboxylic acid groups (broad SMARTS) is 1. The zero-order valence-corrected chi connectivity index (χ0v) is 9.23. The van der Waals surface area contributed by atoms with Crippen LogP contribution in [0.25, 0.3) is 10.9 Å². The van der Waals surface area contributed by atoms with Crippen molar-refractivity contribution in [2.24, 2.45) is 0 Å². The zero-order chi connectivity index (χ0) is 12.0. The summed E-state index contributed by atoms with van der Waals surface area (Å²) in [7, 11) is 0. The van der Waals surface area contributed by atoms with E-state index in [1.165, 1.54) is 0 Å². The highest BCUT2D eigenvalue weighted by molar-refractivity contribution is 5.91. The predicted molar refractivity (Wildman–Crippen MR) is 63.1 cm³/mol. The third-order valence-electron chi connectivity index (χ3n) is 3.84. The summed E-state index contributed by atoms with van der Waals surface area (Å²) in [4.78, 5) is 14.4. The second-order valence-corrected chi connectivity index (χ2v) is 4.64. The Hall–Kier alpha value is -1.97. The van der Waals surface area contributed by atoms with Crippen LogP contribution in [-0.4, -0.2) is 21.2 Å². The summed E-state index contributed by atoms with van der Waals surface area (Å²) in [6, 6.07) is 5.32. The fraction of sp³-hybridized carbons (Fsp3) is 0.308. The highest BCUT2D eigenvalue weighted by Gasteiger charge is 2.47. The molecule has 4 nitrogen and oxygen atoms in total. The molecule has 0 aliphatic heterocycles. The number of aromatic hydroxyl groups is 1. The number of phenolic OH excluding ortho intramolecular Hbond substituents is 1. The van der Waals surface area contributed by atoms with Crippen molar-refractivity contribution in [3.8, 4) is 5.75 Å².